The Hall–Kier alpha value is -6.38. The molecular weight excluding hydrogens is 789 g/mol. The van der Waals surface area contributed by atoms with Gasteiger partial charge in [-0.15, -0.1) is 0 Å². The summed E-state index contributed by atoms with van der Waals surface area (Å²) >= 11 is 0. The second-order valence-electron chi connectivity index (χ2n) is 17.8. The Balaban J connectivity index is 1.01. The Labute approximate surface area is 361 Å². The number of hydrogen-bond acceptors (Lipinski definition) is 9. The third-order valence-electron chi connectivity index (χ3n) is 12.8. The van der Waals surface area contributed by atoms with Crippen molar-refractivity contribution in [3.8, 4) is 34.0 Å². The zero-order valence-corrected chi connectivity index (χ0v) is 36.6. The number of aromatic nitrogens is 4. The van der Waals surface area contributed by atoms with Gasteiger partial charge in [-0.25, -0.2) is 19.6 Å². The second kappa shape index (κ2) is 16.8. The lowest BCUT2D eigenvalue weighted by Gasteiger charge is -2.35. The second-order valence-corrected chi connectivity index (χ2v) is 17.8. The van der Waals surface area contributed by atoms with Gasteiger partial charge in [0.15, 0.2) is 0 Å². The molecule has 2 unspecified atom stereocenters. The lowest BCUT2D eigenvalue weighted by atomic mass is 9.73. The molecule has 8 rings (SSSR count). The van der Waals surface area contributed by atoms with E-state index in [1.165, 1.54) is 14.2 Å². The average molecular weight is 845 g/mol. The molecule has 0 aliphatic carbocycles. The van der Waals surface area contributed by atoms with E-state index in [0.29, 0.717) is 24.7 Å². The van der Waals surface area contributed by atoms with Crippen molar-refractivity contribution in [2.24, 2.45) is 11.8 Å². The van der Waals surface area contributed by atoms with Gasteiger partial charge in [0.2, 0.25) is 11.8 Å². The number of fused-ring (bicyclic) bond motifs is 4. The number of amides is 4. The maximum Gasteiger partial charge on any atom is 0.407 e. The van der Waals surface area contributed by atoms with Gasteiger partial charge in [0.1, 0.15) is 35.2 Å². The molecule has 62 heavy (non-hydrogen) atoms. The predicted octanol–water partition coefficient (Wildman–Crippen LogP) is 8.14. The van der Waals surface area contributed by atoms with Crippen LogP contribution in [0.4, 0.5) is 9.59 Å². The number of imidazole rings is 2. The van der Waals surface area contributed by atoms with Crippen LogP contribution in [0.5, 0.6) is 11.5 Å². The van der Waals surface area contributed by atoms with Gasteiger partial charge in [0.05, 0.1) is 50.1 Å². The van der Waals surface area contributed by atoms with Gasteiger partial charge in [0, 0.05) is 40.8 Å². The van der Waals surface area contributed by atoms with Gasteiger partial charge < -0.3 is 44.6 Å². The first-order valence-electron chi connectivity index (χ1n) is 21.5. The number of nitrogens with one attached hydrogen (secondary N) is 4. The summed E-state index contributed by atoms with van der Waals surface area (Å²) in [5, 5.41) is 7.57. The van der Waals surface area contributed by atoms with E-state index in [-0.39, 0.29) is 35.7 Å². The third kappa shape index (κ3) is 7.73. The highest BCUT2D eigenvalue weighted by atomic mass is 16.5. The van der Waals surface area contributed by atoms with E-state index < -0.39 is 29.7 Å². The number of alkyl carbamates (subject to hydrolysis) is 2. The number of carbonyl (C=O) groups is 4. The van der Waals surface area contributed by atoms with Crippen molar-refractivity contribution in [1.82, 2.24) is 40.4 Å². The Kier molecular flexibility index (Phi) is 11.5. The fraction of sp³-hybridized carbons (Fsp3) is 0.447. The largest absolute Gasteiger partial charge is 0.457 e. The number of H-pyrrole nitrogens is 2. The number of methoxy groups -OCH3 is 2. The van der Waals surface area contributed by atoms with Gasteiger partial charge in [-0.05, 0) is 66.5 Å². The summed E-state index contributed by atoms with van der Waals surface area (Å²) in [6.07, 6.45) is 5.57. The van der Waals surface area contributed by atoms with Crippen molar-refractivity contribution in [1.29, 1.82) is 0 Å². The highest BCUT2D eigenvalue weighted by Gasteiger charge is 2.40. The smallest absolute Gasteiger partial charge is 0.407 e. The summed E-state index contributed by atoms with van der Waals surface area (Å²) in [5.74, 6) is 2.45. The predicted molar refractivity (Wildman–Crippen MR) is 233 cm³/mol. The van der Waals surface area contributed by atoms with E-state index in [1.54, 1.807) is 6.20 Å². The molecule has 3 aliphatic rings. The monoisotopic (exact) mass is 844 g/mol. The Morgan fingerprint density at radius 3 is 1.76 bits per heavy atom. The fourth-order valence-corrected chi connectivity index (χ4v) is 9.44. The van der Waals surface area contributed by atoms with Crippen LogP contribution in [0.25, 0.3) is 33.3 Å². The molecule has 2 fully saturated rings. The molecule has 0 saturated carbocycles. The van der Waals surface area contributed by atoms with Crippen LogP contribution < -0.4 is 15.4 Å². The SMILES string of the molecule is COC(=O)NC(C(=O)N1CCC[C@H]1c1ncc(-c2ccc3c(c2)Oc2ccc4cc(-c5cnc([C@@H]6CCCN6C(=O)C(NC(=O)OC)C(C)C)[nH]5)ccc4c2C3(C)C)[nH]1)C(C)C. The normalized spacial score (nSPS) is 18.9. The average Bonchev–Trinajstić information content (AvgIpc) is 4.10. The standard InChI is InChI=1S/C47H56N8O7/c1-25(2)39(52-45(58)60-7)43(56)54-19-9-11-34(54)41-48-23-32(50-41)28-13-16-30-27(21-28)15-18-36-38(30)47(5,6)31-17-14-29(22-37(31)62-36)33-24-49-42(51-33)35-12-10-20-55(35)44(57)40(26(3)4)53-46(59)61-8/h13-18,21-26,34-35,39-40H,9-12,19-20H2,1-8H3,(H,48,50)(H,49,51)(H,52,58)(H,53,59)/t34-,35-,39?,40?/m0/s1. The van der Waals surface area contributed by atoms with Crippen LogP contribution in [0.3, 0.4) is 0 Å². The quantitative estimate of drug-likeness (QED) is 0.108. The van der Waals surface area contributed by atoms with Crippen LogP contribution in [0, 0.1) is 11.8 Å². The minimum absolute atomic E-state index is 0.117. The number of benzene rings is 3. The van der Waals surface area contributed by atoms with E-state index in [2.05, 4.69) is 70.8 Å². The Morgan fingerprint density at radius 2 is 1.24 bits per heavy atom. The molecule has 4 amide bonds. The number of hydrogen-bond donors (Lipinski definition) is 4. The zero-order chi connectivity index (χ0) is 44.0. The van der Waals surface area contributed by atoms with Crippen molar-refractivity contribution >= 4 is 34.8 Å². The lowest BCUT2D eigenvalue weighted by Crippen LogP contribution is -2.51. The fourth-order valence-electron chi connectivity index (χ4n) is 9.44. The van der Waals surface area contributed by atoms with Crippen molar-refractivity contribution in [2.75, 3.05) is 27.3 Å². The number of aromatic amines is 2. The molecule has 4 N–H and O–H groups in total. The number of nitrogens with zero attached hydrogens (tertiary/aromatic N) is 4. The Bertz CT molecular complexity index is 2520. The maximum atomic E-state index is 13.7. The van der Waals surface area contributed by atoms with E-state index in [1.807, 2.05) is 55.8 Å². The van der Waals surface area contributed by atoms with Crippen LogP contribution in [0.1, 0.15) is 102 Å². The van der Waals surface area contributed by atoms with E-state index in [0.717, 1.165) is 81.6 Å². The summed E-state index contributed by atoms with van der Waals surface area (Å²) in [7, 11) is 2.58. The van der Waals surface area contributed by atoms with E-state index >= 15 is 0 Å². The minimum atomic E-state index is -0.707. The number of rotatable bonds is 10. The van der Waals surface area contributed by atoms with Crippen molar-refractivity contribution in [3.63, 3.8) is 0 Å². The molecule has 5 aromatic rings. The van der Waals surface area contributed by atoms with Gasteiger partial charge in [-0.1, -0.05) is 71.9 Å². The molecule has 326 valence electrons. The van der Waals surface area contributed by atoms with Crippen molar-refractivity contribution < 1.29 is 33.4 Å². The van der Waals surface area contributed by atoms with Gasteiger partial charge in [-0.3, -0.25) is 9.59 Å². The number of ether oxygens (including phenoxy) is 3. The maximum absolute atomic E-state index is 13.7. The van der Waals surface area contributed by atoms with Crippen molar-refractivity contribution in [2.45, 2.75) is 96.8 Å². The molecule has 5 heterocycles. The van der Waals surface area contributed by atoms with Crippen LogP contribution >= 0.6 is 0 Å². The van der Waals surface area contributed by atoms with Gasteiger partial charge >= 0.3 is 12.2 Å². The van der Waals surface area contributed by atoms with E-state index in [4.69, 9.17) is 24.2 Å². The first-order chi connectivity index (χ1) is 29.7. The molecule has 3 aliphatic heterocycles. The molecule has 0 bridgehead atoms. The molecule has 4 atom stereocenters. The first-order valence-corrected chi connectivity index (χ1v) is 21.5. The molecule has 3 aromatic carbocycles. The van der Waals surface area contributed by atoms with Crippen LogP contribution in [-0.4, -0.2) is 93.1 Å². The summed E-state index contributed by atoms with van der Waals surface area (Å²) in [5.41, 5.74) is 5.32. The van der Waals surface area contributed by atoms with Gasteiger partial charge in [0.25, 0.3) is 0 Å². The van der Waals surface area contributed by atoms with Gasteiger partial charge in [-0.2, -0.15) is 0 Å². The molecule has 0 spiro atoms. The van der Waals surface area contributed by atoms with E-state index in [9.17, 15) is 19.2 Å². The minimum Gasteiger partial charge on any atom is -0.457 e. The molecule has 15 heteroatoms. The van der Waals surface area contributed by atoms with Crippen LogP contribution in [-0.2, 0) is 24.5 Å². The molecular formula is C47H56N8O7. The highest BCUT2D eigenvalue weighted by Crippen LogP contribution is 2.51. The van der Waals surface area contributed by atoms with Crippen LogP contribution in [0.2, 0.25) is 0 Å². The molecule has 0 radical (unpaired) electrons. The summed E-state index contributed by atoms with van der Waals surface area (Å²) in [4.78, 5) is 71.6. The molecule has 15 nitrogen and oxygen atoms in total. The third-order valence-corrected chi connectivity index (χ3v) is 12.8. The molecule has 2 aromatic heterocycles. The first kappa shape index (κ1) is 42.3. The molecule has 2 saturated heterocycles. The summed E-state index contributed by atoms with van der Waals surface area (Å²) in [6.45, 7) is 13.2. The van der Waals surface area contributed by atoms with Crippen LogP contribution in [0.15, 0.2) is 60.9 Å². The lowest BCUT2D eigenvalue weighted by molar-refractivity contribution is -0.136. The van der Waals surface area contributed by atoms with Crippen molar-refractivity contribution in [3.05, 3.63) is 83.7 Å². The topological polar surface area (TPSA) is 184 Å². The number of carbonyl (C=O) groups excluding carboxylic acids is 4. The summed E-state index contributed by atoms with van der Waals surface area (Å²) < 4.78 is 16.3. The zero-order valence-electron chi connectivity index (χ0n) is 36.6. The Morgan fingerprint density at radius 1 is 0.726 bits per heavy atom. The highest BCUT2D eigenvalue weighted by molar-refractivity contribution is 5.93. The summed E-state index contributed by atoms with van der Waals surface area (Å²) in [6, 6.07) is 14.9. The number of likely N-dealkylation sites (tertiary alicyclic amines) is 2.